The highest BCUT2D eigenvalue weighted by Gasteiger charge is 2.18. The van der Waals surface area contributed by atoms with Gasteiger partial charge in [-0.05, 0) is 31.2 Å². The molecule has 0 radical (unpaired) electrons. The second kappa shape index (κ2) is 10.2. The van der Waals surface area contributed by atoms with E-state index in [0.717, 1.165) is 5.56 Å². The number of carbonyl (C=O) groups excluding carboxylic acids is 2. The zero-order valence-corrected chi connectivity index (χ0v) is 15.3. The van der Waals surface area contributed by atoms with Gasteiger partial charge in [0.1, 0.15) is 5.75 Å². The average molecular weight is 377 g/mol. The Balaban J connectivity index is 2.11. The number of anilines is 2. The van der Waals surface area contributed by atoms with Crippen molar-refractivity contribution >= 4 is 23.6 Å². The van der Waals surface area contributed by atoms with E-state index in [-0.39, 0.29) is 25.3 Å². The third-order valence-electron chi connectivity index (χ3n) is 3.59. The molecule has 0 atom stereocenters. The van der Waals surface area contributed by atoms with Gasteiger partial charge in [-0.3, -0.25) is 10.2 Å². The van der Waals surface area contributed by atoms with E-state index >= 15 is 0 Å². The molecule has 0 aliphatic rings. The maximum atomic E-state index is 12.6. The number of ether oxygens (including phenoxy) is 2. The quantitative estimate of drug-likeness (QED) is 0.766. The molecule has 0 bridgehead atoms. The molecule has 0 aromatic heterocycles. The van der Waals surface area contributed by atoms with Crippen molar-refractivity contribution in [3.05, 3.63) is 54.1 Å². The topological polar surface area (TPSA) is 91.7 Å². The van der Waals surface area contributed by atoms with Gasteiger partial charge in [0.25, 0.3) is 0 Å². The van der Waals surface area contributed by atoms with Crippen molar-refractivity contribution in [2.45, 2.75) is 13.3 Å². The van der Waals surface area contributed by atoms with Crippen LogP contribution in [0.4, 0.5) is 21.0 Å². The summed E-state index contributed by atoms with van der Waals surface area (Å²) in [5, 5.41) is 11.4. The van der Waals surface area contributed by atoms with Gasteiger partial charge in [0, 0.05) is 24.0 Å². The van der Waals surface area contributed by atoms with Crippen molar-refractivity contribution < 1.29 is 19.1 Å². The Morgan fingerprint density at radius 3 is 2.64 bits per heavy atom. The first-order valence-corrected chi connectivity index (χ1v) is 8.43. The molecule has 7 heteroatoms. The van der Waals surface area contributed by atoms with Gasteiger partial charge < -0.3 is 9.47 Å². The van der Waals surface area contributed by atoms with E-state index in [9.17, 15) is 9.59 Å². The molecule has 0 spiro atoms. The van der Waals surface area contributed by atoms with Crippen LogP contribution in [-0.4, -0.2) is 25.3 Å². The monoisotopic (exact) mass is 377 g/mol. The number of rotatable bonds is 6. The van der Waals surface area contributed by atoms with Crippen LogP contribution >= 0.6 is 0 Å². The zero-order chi connectivity index (χ0) is 20.4. The molecule has 28 heavy (non-hydrogen) atoms. The molecule has 2 aromatic rings. The number of carbonyl (C=O) groups is 2. The molecule has 0 saturated carbocycles. The van der Waals surface area contributed by atoms with Crippen LogP contribution in [0.5, 0.6) is 5.75 Å². The fourth-order valence-electron chi connectivity index (χ4n) is 2.27. The van der Waals surface area contributed by atoms with Crippen molar-refractivity contribution in [3.63, 3.8) is 0 Å². The molecule has 0 aliphatic heterocycles. The summed E-state index contributed by atoms with van der Waals surface area (Å²) in [5.74, 6) is 2.42. The average Bonchev–Trinajstić information content (AvgIpc) is 2.68. The summed E-state index contributed by atoms with van der Waals surface area (Å²) in [5.41, 5.74) is 2.05. The maximum Gasteiger partial charge on any atom is 0.419 e. The molecule has 2 aromatic carbocycles. The highest BCUT2D eigenvalue weighted by atomic mass is 16.6. The first kappa shape index (κ1) is 20.3. The Morgan fingerprint density at radius 1 is 1.21 bits per heavy atom. The van der Waals surface area contributed by atoms with Gasteiger partial charge in [0.15, 0.2) is 6.61 Å². The van der Waals surface area contributed by atoms with Crippen molar-refractivity contribution in [2.75, 3.05) is 23.4 Å². The van der Waals surface area contributed by atoms with Crippen LogP contribution in [0.25, 0.3) is 0 Å². The molecule has 2 rings (SSSR count). The summed E-state index contributed by atoms with van der Waals surface area (Å²) < 4.78 is 10.1. The Hall–Kier alpha value is -3.97. The lowest BCUT2D eigenvalue weighted by molar-refractivity contribution is 0.176. The van der Waals surface area contributed by atoms with E-state index in [0.29, 0.717) is 11.4 Å². The summed E-state index contributed by atoms with van der Waals surface area (Å²) in [6.07, 6.45) is 3.84. The van der Waals surface area contributed by atoms with Crippen molar-refractivity contribution in [1.29, 1.82) is 5.26 Å². The zero-order valence-electron chi connectivity index (χ0n) is 15.3. The first-order valence-electron chi connectivity index (χ1n) is 8.43. The van der Waals surface area contributed by atoms with Crippen LogP contribution in [-0.2, 0) is 4.74 Å². The highest BCUT2D eigenvalue weighted by Crippen LogP contribution is 2.21. The van der Waals surface area contributed by atoms with Crippen molar-refractivity contribution in [1.82, 2.24) is 0 Å². The largest absolute Gasteiger partial charge is 0.436 e. The SMILES string of the molecule is C#CCOC(=O)Nc1cccc(OC(=O)N(CCC#N)c2ccc(C)cc2)c1. The fraction of sp³-hybridized carbons (Fsp3) is 0.190. The molecular weight excluding hydrogens is 358 g/mol. The predicted octanol–water partition coefficient (Wildman–Crippen LogP) is 4.10. The van der Waals surface area contributed by atoms with Crippen molar-refractivity contribution in [3.8, 4) is 24.2 Å². The standard InChI is InChI=1S/C21H19N3O4/c1-3-14-27-20(25)23-17-6-4-7-19(15-17)28-21(26)24(13-5-12-22)18-10-8-16(2)9-11-18/h1,4,6-11,15H,5,13-14H2,2H3,(H,23,25). The maximum absolute atomic E-state index is 12.6. The molecule has 1 N–H and O–H groups in total. The Bertz CT molecular complexity index is 910. The smallest absolute Gasteiger partial charge is 0.419 e. The second-order valence-electron chi connectivity index (χ2n) is 5.70. The molecule has 0 heterocycles. The summed E-state index contributed by atoms with van der Waals surface area (Å²) in [4.78, 5) is 25.6. The highest BCUT2D eigenvalue weighted by molar-refractivity contribution is 5.90. The first-order chi connectivity index (χ1) is 13.5. The molecule has 7 nitrogen and oxygen atoms in total. The molecule has 2 amide bonds. The van der Waals surface area contributed by atoms with E-state index < -0.39 is 12.2 Å². The van der Waals surface area contributed by atoms with Crippen LogP contribution < -0.4 is 15.0 Å². The minimum Gasteiger partial charge on any atom is -0.436 e. The van der Waals surface area contributed by atoms with E-state index in [1.807, 2.05) is 25.1 Å². The fourth-order valence-corrected chi connectivity index (χ4v) is 2.27. The molecule has 0 fully saturated rings. The van der Waals surface area contributed by atoms with E-state index in [4.69, 9.17) is 21.2 Å². The number of hydrogen-bond donors (Lipinski definition) is 1. The number of nitriles is 1. The lowest BCUT2D eigenvalue weighted by Gasteiger charge is -2.21. The van der Waals surface area contributed by atoms with Gasteiger partial charge in [-0.15, -0.1) is 6.42 Å². The Kier molecular flexibility index (Phi) is 7.44. The number of terminal acetylenes is 1. The summed E-state index contributed by atoms with van der Waals surface area (Å²) in [6, 6.07) is 15.6. The van der Waals surface area contributed by atoms with Crippen LogP contribution in [0, 0.1) is 30.6 Å². The van der Waals surface area contributed by atoms with Gasteiger partial charge in [-0.2, -0.15) is 5.26 Å². The van der Waals surface area contributed by atoms with Gasteiger partial charge >= 0.3 is 12.2 Å². The molecule has 0 saturated heterocycles. The number of amides is 2. The van der Waals surface area contributed by atoms with E-state index in [2.05, 4.69) is 11.2 Å². The Morgan fingerprint density at radius 2 is 1.96 bits per heavy atom. The van der Waals surface area contributed by atoms with Crippen molar-refractivity contribution in [2.24, 2.45) is 0 Å². The minimum atomic E-state index is -0.711. The molecule has 0 aliphatic carbocycles. The third-order valence-corrected chi connectivity index (χ3v) is 3.59. The van der Waals surface area contributed by atoms with Gasteiger partial charge in [-0.25, -0.2) is 9.59 Å². The number of nitrogens with zero attached hydrogens (tertiary/aromatic N) is 2. The lowest BCUT2D eigenvalue weighted by atomic mass is 10.2. The van der Waals surface area contributed by atoms with Gasteiger partial charge in [0.05, 0.1) is 12.5 Å². The number of nitrogens with one attached hydrogen (secondary N) is 1. The third kappa shape index (κ3) is 6.08. The number of hydrogen-bond acceptors (Lipinski definition) is 5. The number of benzene rings is 2. The lowest BCUT2D eigenvalue weighted by Crippen LogP contribution is -2.34. The van der Waals surface area contributed by atoms with Crippen LogP contribution in [0.15, 0.2) is 48.5 Å². The van der Waals surface area contributed by atoms with Gasteiger partial charge in [0.2, 0.25) is 0 Å². The van der Waals surface area contributed by atoms with Crippen LogP contribution in [0.2, 0.25) is 0 Å². The molecular formula is C21H19N3O4. The van der Waals surface area contributed by atoms with Crippen LogP contribution in [0.1, 0.15) is 12.0 Å². The summed E-state index contributed by atoms with van der Waals surface area (Å²) in [6.45, 7) is 1.98. The van der Waals surface area contributed by atoms with Crippen LogP contribution in [0.3, 0.4) is 0 Å². The Labute approximate surface area is 163 Å². The predicted molar refractivity (Wildman–Crippen MR) is 105 cm³/mol. The molecule has 0 unspecified atom stereocenters. The minimum absolute atomic E-state index is 0.148. The summed E-state index contributed by atoms with van der Waals surface area (Å²) in [7, 11) is 0. The molecule has 142 valence electrons. The second-order valence-corrected chi connectivity index (χ2v) is 5.70. The van der Waals surface area contributed by atoms with E-state index in [1.54, 1.807) is 30.3 Å². The number of aryl methyl sites for hydroxylation is 1. The van der Waals surface area contributed by atoms with E-state index in [1.165, 1.54) is 11.0 Å². The normalized spacial score (nSPS) is 9.54. The summed E-state index contributed by atoms with van der Waals surface area (Å²) >= 11 is 0. The van der Waals surface area contributed by atoms with Gasteiger partial charge in [-0.1, -0.05) is 29.7 Å².